The highest BCUT2D eigenvalue weighted by Crippen LogP contribution is 2.42. The molecule has 0 saturated carbocycles. The van der Waals surface area contributed by atoms with Gasteiger partial charge in [0.15, 0.2) is 6.10 Å². The maximum atomic E-state index is 11.4. The summed E-state index contributed by atoms with van der Waals surface area (Å²) in [7, 11) is 0. The predicted octanol–water partition coefficient (Wildman–Crippen LogP) is 2.64. The number of carbonyl (C=O) groups is 1. The van der Waals surface area contributed by atoms with Gasteiger partial charge < -0.3 is 9.47 Å². The first-order chi connectivity index (χ1) is 7.15. The van der Waals surface area contributed by atoms with Crippen LogP contribution in [-0.4, -0.2) is 24.2 Å². The molecule has 1 aliphatic rings. The van der Waals surface area contributed by atoms with Crippen LogP contribution in [0.15, 0.2) is 0 Å². The van der Waals surface area contributed by atoms with Crippen molar-refractivity contribution in [1.82, 2.24) is 0 Å². The van der Waals surface area contributed by atoms with Gasteiger partial charge in [-0.05, 0) is 19.3 Å². The Labute approximate surface area is 95.9 Å². The fraction of sp³-hybridized carbons (Fsp3) is 0.909. The van der Waals surface area contributed by atoms with E-state index in [1.165, 1.54) is 0 Å². The van der Waals surface area contributed by atoms with Crippen LogP contribution in [0.2, 0.25) is 0 Å². The third kappa shape index (κ3) is 2.86. The molecule has 1 saturated heterocycles. The zero-order valence-electron chi connectivity index (χ0n) is 10.7. The van der Waals surface area contributed by atoms with E-state index in [0.717, 1.165) is 0 Å². The van der Waals surface area contributed by atoms with E-state index >= 15 is 0 Å². The first kappa shape index (κ1) is 13.3. The maximum Gasteiger partial charge on any atom is 0.511 e. The number of ether oxygens (including phenoxy) is 2. The first-order valence-corrected chi connectivity index (χ1v) is 5.39. The van der Waals surface area contributed by atoms with Crippen molar-refractivity contribution in [3.63, 3.8) is 0 Å². The van der Waals surface area contributed by atoms with E-state index < -0.39 is 11.9 Å². The van der Waals surface area contributed by atoms with Gasteiger partial charge in [-0.1, -0.05) is 20.8 Å². The monoisotopic (exact) mass is 232 g/mol. The molecule has 1 fully saturated rings. The SMILES string of the molecule is CC(C)OC(=O)OC1(C)OOC1C(C)(C)C. The Morgan fingerprint density at radius 2 is 1.94 bits per heavy atom. The van der Waals surface area contributed by atoms with Crippen molar-refractivity contribution in [2.24, 2.45) is 5.41 Å². The molecular formula is C11H20O5. The van der Waals surface area contributed by atoms with Gasteiger partial charge >= 0.3 is 6.16 Å². The van der Waals surface area contributed by atoms with Gasteiger partial charge in [-0.3, -0.25) is 0 Å². The molecule has 2 atom stereocenters. The minimum Gasteiger partial charge on any atom is -0.432 e. The van der Waals surface area contributed by atoms with Gasteiger partial charge in [0.1, 0.15) is 0 Å². The van der Waals surface area contributed by atoms with E-state index in [1.807, 2.05) is 20.8 Å². The maximum absolute atomic E-state index is 11.4. The summed E-state index contributed by atoms with van der Waals surface area (Å²) in [5.41, 5.74) is -0.175. The Balaban J connectivity index is 2.56. The van der Waals surface area contributed by atoms with Crippen molar-refractivity contribution in [1.29, 1.82) is 0 Å². The summed E-state index contributed by atoms with van der Waals surface area (Å²) in [6.45, 7) is 11.1. The summed E-state index contributed by atoms with van der Waals surface area (Å²) in [5, 5.41) is 0. The molecule has 0 amide bonds. The number of hydrogen-bond donors (Lipinski definition) is 0. The second kappa shape index (κ2) is 4.22. The number of rotatable bonds is 2. The van der Waals surface area contributed by atoms with Gasteiger partial charge in [-0.2, -0.15) is 4.89 Å². The van der Waals surface area contributed by atoms with Crippen LogP contribution < -0.4 is 0 Å². The molecule has 2 unspecified atom stereocenters. The van der Waals surface area contributed by atoms with E-state index in [-0.39, 0.29) is 17.6 Å². The van der Waals surface area contributed by atoms with Crippen molar-refractivity contribution in [3.8, 4) is 0 Å². The van der Waals surface area contributed by atoms with Crippen LogP contribution in [0.25, 0.3) is 0 Å². The molecule has 1 rings (SSSR count). The fourth-order valence-electron chi connectivity index (χ4n) is 1.62. The molecule has 0 aliphatic carbocycles. The lowest BCUT2D eigenvalue weighted by Crippen LogP contribution is -2.62. The number of hydrogen-bond acceptors (Lipinski definition) is 5. The second-order valence-corrected chi connectivity index (χ2v) is 5.46. The summed E-state index contributed by atoms with van der Waals surface area (Å²) in [6, 6.07) is 0. The topological polar surface area (TPSA) is 54.0 Å². The molecule has 1 aliphatic heterocycles. The lowest BCUT2D eigenvalue weighted by Gasteiger charge is -2.48. The molecule has 0 bridgehead atoms. The van der Waals surface area contributed by atoms with Crippen molar-refractivity contribution in [2.75, 3.05) is 0 Å². The molecule has 5 nitrogen and oxygen atoms in total. The molecule has 0 aromatic heterocycles. The summed E-state index contributed by atoms with van der Waals surface area (Å²) < 4.78 is 10.0. The summed E-state index contributed by atoms with van der Waals surface area (Å²) in [4.78, 5) is 21.2. The van der Waals surface area contributed by atoms with Crippen LogP contribution in [0.5, 0.6) is 0 Å². The third-order valence-corrected chi connectivity index (χ3v) is 2.19. The molecular weight excluding hydrogens is 212 g/mol. The van der Waals surface area contributed by atoms with E-state index in [2.05, 4.69) is 0 Å². The molecule has 5 heteroatoms. The van der Waals surface area contributed by atoms with Gasteiger partial charge in [0.25, 0.3) is 5.79 Å². The molecule has 16 heavy (non-hydrogen) atoms. The van der Waals surface area contributed by atoms with Crippen LogP contribution in [0.3, 0.4) is 0 Å². The highest BCUT2D eigenvalue weighted by atomic mass is 17.3. The van der Waals surface area contributed by atoms with Crippen LogP contribution in [0.1, 0.15) is 41.5 Å². The van der Waals surface area contributed by atoms with Crippen LogP contribution >= 0.6 is 0 Å². The quantitative estimate of drug-likeness (QED) is 0.541. The molecule has 0 aromatic carbocycles. The summed E-state index contributed by atoms with van der Waals surface area (Å²) >= 11 is 0. The Morgan fingerprint density at radius 3 is 2.25 bits per heavy atom. The van der Waals surface area contributed by atoms with Crippen molar-refractivity contribution < 1.29 is 24.0 Å². The smallest absolute Gasteiger partial charge is 0.432 e. The lowest BCUT2D eigenvalue weighted by atomic mass is 9.83. The molecule has 1 heterocycles. The van der Waals surface area contributed by atoms with Gasteiger partial charge in [0.2, 0.25) is 0 Å². The van der Waals surface area contributed by atoms with E-state index in [9.17, 15) is 4.79 Å². The zero-order valence-corrected chi connectivity index (χ0v) is 10.7. The minimum absolute atomic E-state index is 0.175. The highest BCUT2D eigenvalue weighted by molar-refractivity contribution is 5.60. The van der Waals surface area contributed by atoms with Crippen molar-refractivity contribution in [2.45, 2.75) is 59.5 Å². The largest absolute Gasteiger partial charge is 0.511 e. The Kier molecular flexibility index (Phi) is 3.50. The average molecular weight is 232 g/mol. The molecule has 0 aromatic rings. The van der Waals surface area contributed by atoms with E-state index in [0.29, 0.717) is 0 Å². The standard InChI is InChI=1S/C11H20O5/c1-7(2)13-9(12)14-11(6)8(15-16-11)10(3,4)5/h7-8H,1-6H3. The average Bonchev–Trinajstić information content (AvgIpc) is 1.96. The predicted molar refractivity (Wildman–Crippen MR) is 56.5 cm³/mol. The normalized spacial score (nSPS) is 29.8. The highest BCUT2D eigenvalue weighted by Gasteiger charge is 2.57. The van der Waals surface area contributed by atoms with E-state index in [1.54, 1.807) is 20.8 Å². The van der Waals surface area contributed by atoms with Crippen LogP contribution in [-0.2, 0) is 19.2 Å². The van der Waals surface area contributed by atoms with Gasteiger partial charge in [-0.25, -0.2) is 9.68 Å². The summed E-state index contributed by atoms with van der Waals surface area (Å²) in [6.07, 6.45) is -1.26. The third-order valence-electron chi connectivity index (χ3n) is 2.19. The number of carbonyl (C=O) groups excluding carboxylic acids is 1. The van der Waals surface area contributed by atoms with E-state index in [4.69, 9.17) is 19.2 Å². The van der Waals surface area contributed by atoms with Gasteiger partial charge in [0.05, 0.1) is 6.10 Å². The molecule has 0 N–H and O–H groups in total. The molecule has 0 spiro atoms. The fourth-order valence-corrected chi connectivity index (χ4v) is 1.62. The summed E-state index contributed by atoms with van der Waals surface area (Å²) in [5.74, 6) is -1.07. The second-order valence-electron chi connectivity index (χ2n) is 5.46. The Morgan fingerprint density at radius 1 is 1.38 bits per heavy atom. The Bertz CT molecular complexity index is 268. The van der Waals surface area contributed by atoms with Gasteiger partial charge in [-0.15, -0.1) is 0 Å². The van der Waals surface area contributed by atoms with Crippen molar-refractivity contribution >= 4 is 6.16 Å². The lowest BCUT2D eigenvalue weighted by molar-refractivity contribution is -0.571. The van der Waals surface area contributed by atoms with Crippen molar-refractivity contribution in [3.05, 3.63) is 0 Å². The zero-order chi connectivity index (χ0) is 12.6. The van der Waals surface area contributed by atoms with Crippen LogP contribution in [0, 0.1) is 5.41 Å². The molecule has 94 valence electrons. The molecule has 0 radical (unpaired) electrons. The van der Waals surface area contributed by atoms with Gasteiger partial charge in [0, 0.05) is 6.92 Å². The van der Waals surface area contributed by atoms with Crippen LogP contribution in [0.4, 0.5) is 4.79 Å². The Hall–Kier alpha value is -0.810. The minimum atomic E-state index is -1.07. The first-order valence-electron chi connectivity index (χ1n) is 5.39.